The fraction of sp³-hybridized carbons (Fsp3) is 0.462. The SMILES string of the molecule is Cl.O=C(O)N(Cc1ccccc1)C1CCNCC1. The summed E-state index contributed by atoms with van der Waals surface area (Å²) >= 11 is 0. The number of carbonyl (C=O) groups is 1. The monoisotopic (exact) mass is 270 g/mol. The van der Waals surface area contributed by atoms with Gasteiger partial charge in [-0.15, -0.1) is 12.4 Å². The highest BCUT2D eigenvalue weighted by molar-refractivity contribution is 5.85. The van der Waals surface area contributed by atoms with E-state index in [1.54, 1.807) is 4.90 Å². The van der Waals surface area contributed by atoms with E-state index in [2.05, 4.69) is 5.32 Å². The molecule has 0 aromatic heterocycles. The lowest BCUT2D eigenvalue weighted by Crippen LogP contribution is -2.45. The molecule has 2 N–H and O–H groups in total. The number of hydrogen-bond donors (Lipinski definition) is 2. The molecule has 1 heterocycles. The summed E-state index contributed by atoms with van der Waals surface area (Å²) in [4.78, 5) is 12.9. The van der Waals surface area contributed by atoms with Crippen LogP contribution < -0.4 is 5.32 Å². The van der Waals surface area contributed by atoms with E-state index >= 15 is 0 Å². The van der Waals surface area contributed by atoms with Gasteiger partial charge >= 0.3 is 6.09 Å². The molecule has 4 nitrogen and oxygen atoms in total. The van der Waals surface area contributed by atoms with Crippen molar-refractivity contribution >= 4 is 18.5 Å². The van der Waals surface area contributed by atoms with Crippen LogP contribution in [0.2, 0.25) is 0 Å². The zero-order valence-electron chi connectivity index (χ0n) is 10.2. The Hall–Kier alpha value is -1.26. The molecule has 18 heavy (non-hydrogen) atoms. The van der Waals surface area contributed by atoms with Crippen molar-refractivity contribution in [1.82, 2.24) is 10.2 Å². The average Bonchev–Trinajstić information content (AvgIpc) is 2.38. The van der Waals surface area contributed by atoms with Gasteiger partial charge in [0.1, 0.15) is 0 Å². The normalized spacial score (nSPS) is 15.8. The molecule has 0 atom stereocenters. The van der Waals surface area contributed by atoms with Gasteiger partial charge in [0.05, 0.1) is 0 Å². The standard InChI is InChI=1S/C13H18N2O2.ClH/c16-13(17)15(12-6-8-14-9-7-12)10-11-4-2-1-3-5-11;/h1-5,12,14H,6-10H2,(H,16,17);1H. The quantitative estimate of drug-likeness (QED) is 0.886. The van der Waals surface area contributed by atoms with Crippen molar-refractivity contribution < 1.29 is 9.90 Å². The fourth-order valence-corrected chi connectivity index (χ4v) is 2.25. The van der Waals surface area contributed by atoms with Gasteiger partial charge in [-0.1, -0.05) is 30.3 Å². The third kappa shape index (κ3) is 3.89. The van der Waals surface area contributed by atoms with Crippen molar-refractivity contribution in [2.75, 3.05) is 13.1 Å². The molecule has 1 fully saturated rings. The molecular formula is C13H19ClN2O2. The Bertz CT molecular complexity index is 367. The molecule has 1 aliphatic heterocycles. The van der Waals surface area contributed by atoms with Crippen LogP contribution in [0.1, 0.15) is 18.4 Å². The number of hydrogen-bond acceptors (Lipinski definition) is 2. The Labute approximate surface area is 113 Å². The van der Waals surface area contributed by atoms with Crippen molar-refractivity contribution in [1.29, 1.82) is 0 Å². The number of benzene rings is 1. The van der Waals surface area contributed by atoms with Crippen molar-refractivity contribution in [2.24, 2.45) is 0 Å². The molecule has 1 saturated heterocycles. The van der Waals surface area contributed by atoms with E-state index in [0.717, 1.165) is 31.5 Å². The Balaban J connectivity index is 0.00000162. The van der Waals surface area contributed by atoms with Gasteiger partial charge in [0.2, 0.25) is 0 Å². The number of rotatable bonds is 3. The zero-order chi connectivity index (χ0) is 12.1. The molecule has 0 spiro atoms. The minimum Gasteiger partial charge on any atom is -0.465 e. The van der Waals surface area contributed by atoms with E-state index in [4.69, 9.17) is 0 Å². The minimum atomic E-state index is -0.819. The Morgan fingerprint density at radius 1 is 1.28 bits per heavy atom. The highest BCUT2D eigenvalue weighted by Gasteiger charge is 2.24. The third-order valence-corrected chi connectivity index (χ3v) is 3.19. The van der Waals surface area contributed by atoms with E-state index in [0.29, 0.717) is 6.54 Å². The number of amides is 1. The van der Waals surface area contributed by atoms with Crippen LogP contribution in [-0.2, 0) is 6.54 Å². The fourth-order valence-electron chi connectivity index (χ4n) is 2.25. The van der Waals surface area contributed by atoms with Gasteiger partial charge in [0.15, 0.2) is 0 Å². The molecule has 1 amide bonds. The smallest absolute Gasteiger partial charge is 0.407 e. The molecule has 0 aliphatic carbocycles. The Morgan fingerprint density at radius 3 is 2.44 bits per heavy atom. The maximum absolute atomic E-state index is 11.3. The molecule has 1 aliphatic rings. The van der Waals surface area contributed by atoms with Gasteiger partial charge in [-0.25, -0.2) is 4.79 Å². The second kappa shape index (κ2) is 7.24. The highest BCUT2D eigenvalue weighted by atomic mass is 35.5. The number of piperidine rings is 1. The molecule has 0 unspecified atom stereocenters. The van der Waals surface area contributed by atoms with Crippen molar-refractivity contribution in [3.05, 3.63) is 35.9 Å². The van der Waals surface area contributed by atoms with Crippen molar-refractivity contribution in [3.63, 3.8) is 0 Å². The highest BCUT2D eigenvalue weighted by Crippen LogP contribution is 2.15. The first-order valence-corrected chi connectivity index (χ1v) is 6.01. The lowest BCUT2D eigenvalue weighted by molar-refractivity contribution is 0.109. The predicted molar refractivity (Wildman–Crippen MR) is 73.1 cm³/mol. The van der Waals surface area contributed by atoms with E-state index in [-0.39, 0.29) is 18.4 Å². The zero-order valence-corrected chi connectivity index (χ0v) is 11.0. The summed E-state index contributed by atoms with van der Waals surface area (Å²) in [5.41, 5.74) is 1.05. The van der Waals surface area contributed by atoms with Gasteiger partial charge in [-0.3, -0.25) is 0 Å². The van der Waals surface area contributed by atoms with Crippen molar-refractivity contribution in [3.8, 4) is 0 Å². The van der Waals surface area contributed by atoms with Gasteiger partial charge in [0, 0.05) is 12.6 Å². The van der Waals surface area contributed by atoms with E-state index in [9.17, 15) is 9.90 Å². The number of halogens is 1. The Morgan fingerprint density at radius 2 is 1.89 bits per heavy atom. The van der Waals surface area contributed by atoms with Crippen LogP contribution in [0, 0.1) is 0 Å². The summed E-state index contributed by atoms with van der Waals surface area (Å²) in [7, 11) is 0. The number of nitrogens with zero attached hydrogens (tertiary/aromatic N) is 1. The second-order valence-corrected chi connectivity index (χ2v) is 4.38. The van der Waals surface area contributed by atoms with Crippen LogP contribution in [0.5, 0.6) is 0 Å². The lowest BCUT2D eigenvalue weighted by atomic mass is 10.0. The first kappa shape index (κ1) is 14.8. The summed E-state index contributed by atoms with van der Waals surface area (Å²) in [5, 5.41) is 12.5. The van der Waals surface area contributed by atoms with Crippen LogP contribution in [0.15, 0.2) is 30.3 Å². The van der Waals surface area contributed by atoms with Crippen LogP contribution in [-0.4, -0.2) is 35.2 Å². The molecule has 2 rings (SSSR count). The van der Waals surface area contributed by atoms with E-state index in [1.165, 1.54) is 0 Å². The van der Waals surface area contributed by atoms with Crippen molar-refractivity contribution in [2.45, 2.75) is 25.4 Å². The summed E-state index contributed by atoms with van der Waals surface area (Å²) in [5.74, 6) is 0. The lowest BCUT2D eigenvalue weighted by Gasteiger charge is -2.32. The van der Waals surface area contributed by atoms with Crippen LogP contribution in [0.4, 0.5) is 4.79 Å². The van der Waals surface area contributed by atoms with Crippen LogP contribution in [0.3, 0.4) is 0 Å². The number of carboxylic acid groups (broad SMARTS) is 1. The first-order valence-electron chi connectivity index (χ1n) is 6.01. The maximum Gasteiger partial charge on any atom is 0.407 e. The minimum absolute atomic E-state index is 0. The molecule has 1 aromatic rings. The molecular weight excluding hydrogens is 252 g/mol. The molecule has 0 saturated carbocycles. The molecule has 5 heteroatoms. The van der Waals surface area contributed by atoms with Gasteiger partial charge in [-0.05, 0) is 31.5 Å². The first-order chi connectivity index (χ1) is 8.27. The molecule has 0 bridgehead atoms. The summed E-state index contributed by atoms with van der Waals surface area (Å²) < 4.78 is 0. The topological polar surface area (TPSA) is 52.6 Å². The van der Waals surface area contributed by atoms with Crippen LogP contribution >= 0.6 is 12.4 Å². The van der Waals surface area contributed by atoms with Crippen LogP contribution in [0.25, 0.3) is 0 Å². The maximum atomic E-state index is 11.3. The van der Waals surface area contributed by atoms with Gasteiger partial charge in [0.25, 0.3) is 0 Å². The van der Waals surface area contributed by atoms with E-state index < -0.39 is 6.09 Å². The predicted octanol–water partition coefficient (Wildman–Crippen LogP) is 2.34. The summed E-state index contributed by atoms with van der Waals surface area (Å²) in [6.07, 6.45) is 0.985. The molecule has 100 valence electrons. The Kier molecular flexibility index (Phi) is 5.95. The summed E-state index contributed by atoms with van der Waals surface area (Å²) in [6.45, 7) is 2.30. The van der Waals surface area contributed by atoms with E-state index in [1.807, 2.05) is 30.3 Å². The van der Waals surface area contributed by atoms with Gasteiger partial charge < -0.3 is 15.3 Å². The molecule has 1 aromatic carbocycles. The van der Waals surface area contributed by atoms with Gasteiger partial charge in [-0.2, -0.15) is 0 Å². The third-order valence-electron chi connectivity index (χ3n) is 3.19. The second-order valence-electron chi connectivity index (χ2n) is 4.38. The largest absolute Gasteiger partial charge is 0.465 e. The number of nitrogens with one attached hydrogen (secondary N) is 1. The molecule has 0 radical (unpaired) electrons. The summed E-state index contributed by atoms with van der Waals surface area (Å²) in [6, 6.07) is 9.91. The average molecular weight is 271 g/mol.